The highest BCUT2D eigenvalue weighted by Crippen LogP contribution is 2.27. The van der Waals surface area contributed by atoms with E-state index in [4.69, 9.17) is 5.11 Å². The van der Waals surface area contributed by atoms with Gasteiger partial charge in [-0.15, -0.1) is 0 Å². The molecule has 0 aliphatic heterocycles. The van der Waals surface area contributed by atoms with Gasteiger partial charge in [-0.2, -0.15) is 0 Å². The number of aliphatic hydroxyl groups is 2. The van der Waals surface area contributed by atoms with Crippen molar-refractivity contribution in [1.82, 2.24) is 4.90 Å². The average Bonchev–Trinajstić information content (AvgIpc) is 2.14. The highest BCUT2D eigenvalue weighted by Gasteiger charge is 2.20. The molecule has 0 fully saturated rings. The summed E-state index contributed by atoms with van der Waals surface area (Å²) in [5.41, 5.74) is 0.696. The molecule has 0 saturated heterocycles. The Morgan fingerprint density at radius 3 is 2.19 bits per heavy atom. The third-order valence-electron chi connectivity index (χ3n) is 1.84. The highest BCUT2D eigenvalue weighted by molar-refractivity contribution is 14.1. The SMILES string of the molecule is C=C(I)/C(=C(\C)I)N(CC(O)CO)C(C)=O. The second kappa shape index (κ2) is 7.62. The number of hydrogen-bond donors (Lipinski definition) is 2. The summed E-state index contributed by atoms with van der Waals surface area (Å²) in [6.45, 7) is 6.78. The first-order valence-electron chi connectivity index (χ1n) is 4.59. The molecule has 0 bridgehead atoms. The molecule has 92 valence electrons. The molecule has 0 aromatic heterocycles. The summed E-state index contributed by atoms with van der Waals surface area (Å²) in [5.74, 6) is -0.184. The number of rotatable bonds is 5. The lowest BCUT2D eigenvalue weighted by Crippen LogP contribution is -2.37. The quantitative estimate of drug-likeness (QED) is 0.496. The van der Waals surface area contributed by atoms with Gasteiger partial charge in [0.25, 0.3) is 0 Å². The number of hydrogen-bond acceptors (Lipinski definition) is 3. The van der Waals surface area contributed by atoms with Crippen LogP contribution in [0.25, 0.3) is 0 Å². The second-order valence-electron chi connectivity index (χ2n) is 3.25. The maximum atomic E-state index is 11.5. The zero-order valence-corrected chi connectivity index (χ0v) is 13.5. The van der Waals surface area contributed by atoms with Crippen LogP contribution in [0.1, 0.15) is 13.8 Å². The van der Waals surface area contributed by atoms with E-state index in [1.165, 1.54) is 11.8 Å². The molecule has 0 heterocycles. The van der Waals surface area contributed by atoms with Crippen molar-refractivity contribution >= 4 is 51.1 Å². The van der Waals surface area contributed by atoms with Crippen LogP contribution in [0.4, 0.5) is 0 Å². The molecule has 0 rings (SSSR count). The largest absolute Gasteiger partial charge is 0.394 e. The molecule has 2 N–H and O–H groups in total. The van der Waals surface area contributed by atoms with Crippen LogP contribution in [0.3, 0.4) is 0 Å². The van der Waals surface area contributed by atoms with Crippen LogP contribution >= 0.6 is 45.2 Å². The summed E-state index contributed by atoms with van der Waals surface area (Å²) >= 11 is 4.14. The smallest absolute Gasteiger partial charge is 0.224 e. The van der Waals surface area contributed by atoms with Gasteiger partial charge in [0.1, 0.15) is 0 Å². The Morgan fingerprint density at radius 2 is 1.94 bits per heavy atom. The molecule has 0 aliphatic rings. The lowest BCUT2D eigenvalue weighted by Gasteiger charge is -2.26. The number of halogens is 2. The first-order valence-corrected chi connectivity index (χ1v) is 6.75. The van der Waals surface area contributed by atoms with Gasteiger partial charge in [-0.1, -0.05) is 6.58 Å². The first kappa shape index (κ1) is 16.3. The first-order chi connectivity index (χ1) is 7.31. The van der Waals surface area contributed by atoms with E-state index in [9.17, 15) is 9.90 Å². The minimum absolute atomic E-state index is 0.0729. The van der Waals surface area contributed by atoms with Crippen molar-refractivity contribution in [2.24, 2.45) is 0 Å². The number of aliphatic hydroxyl groups excluding tert-OH is 2. The van der Waals surface area contributed by atoms with E-state index in [1.54, 1.807) is 0 Å². The second-order valence-corrected chi connectivity index (χ2v) is 6.17. The molecule has 0 aromatic carbocycles. The molecule has 0 aliphatic carbocycles. The van der Waals surface area contributed by atoms with Crippen LogP contribution in [0.5, 0.6) is 0 Å². The molecule has 1 unspecified atom stereocenters. The molecule has 16 heavy (non-hydrogen) atoms. The van der Waals surface area contributed by atoms with E-state index in [-0.39, 0.29) is 19.1 Å². The summed E-state index contributed by atoms with van der Waals surface area (Å²) in [6.07, 6.45) is -0.939. The van der Waals surface area contributed by atoms with Crippen LogP contribution < -0.4 is 0 Å². The number of amides is 1. The van der Waals surface area contributed by atoms with Crippen LogP contribution in [0, 0.1) is 0 Å². The number of carbonyl (C=O) groups excluding carboxylic acids is 1. The molecule has 0 spiro atoms. The van der Waals surface area contributed by atoms with Crippen molar-refractivity contribution in [3.8, 4) is 0 Å². The van der Waals surface area contributed by atoms with Gasteiger partial charge in [0, 0.05) is 14.1 Å². The molecule has 1 amide bonds. The van der Waals surface area contributed by atoms with E-state index in [0.717, 1.165) is 7.16 Å². The van der Waals surface area contributed by atoms with Gasteiger partial charge in [-0.25, -0.2) is 0 Å². The number of carbonyl (C=O) groups is 1. The Kier molecular flexibility index (Phi) is 7.77. The lowest BCUT2D eigenvalue weighted by molar-refractivity contribution is -0.128. The van der Waals surface area contributed by atoms with Crippen LogP contribution in [-0.4, -0.2) is 40.3 Å². The Hall–Kier alpha value is 0.330. The van der Waals surface area contributed by atoms with Crippen molar-refractivity contribution in [2.45, 2.75) is 20.0 Å². The fraction of sp³-hybridized carbons (Fsp3) is 0.500. The molecule has 0 aromatic rings. The van der Waals surface area contributed by atoms with Crippen LogP contribution in [0.2, 0.25) is 0 Å². The Bertz CT molecular complexity index is 311. The Morgan fingerprint density at radius 1 is 1.44 bits per heavy atom. The van der Waals surface area contributed by atoms with E-state index in [1.807, 2.05) is 29.5 Å². The summed E-state index contributed by atoms with van der Waals surface area (Å²) in [7, 11) is 0. The highest BCUT2D eigenvalue weighted by atomic mass is 127. The van der Waals surface area contributed by atoms with Crippen molar-refractivity contribution in [1.29, 1.82) is 0 Å². The summed E-state index contributed by atoms with van der Waals surface area (Å²) in [5, 5.41) is 18.2. The molecule has 0 saturated carbocycles. The zero-order valence-electron chi connectivity index (χ0n) is 9.20. The maximum absolute atomic E-state index is 11.5. The fourth-order valence-corrected chi connectivity index (χ4v) is 2.99. The van der Waals surface area contributed by atoms with E-state index < -0.39 is 6.10 Å². The summed E-state index contributed by atoms with van der Waals surface area (Å²) < 4.78 is 1.64. The zero-order chi connectivity index (χ0) is 12.9. The van der Waals surface area contributed by atoms with Crippen molar-refractivity contribution < 1.29 is 15.0 Å². The molecular formula is C10H15I2NO3. The van der Waals surface area contributed by atoms with Gasteiger partial charge in [-0.05, 0) is 52.1 Å². The third kappa shape index (κ3) is 5.11. The predicted molar refractivity (Wildman–Crippen MR) is 80.4 cm³/mol. The fourth-order valence-electron chi connectivity index (χ4n) is 1.17. The summed E-state index contributed by atoms with van der Waals surface area (Å²) in [6, 6.07) is 0. The maximum Gasteiger partial charge on any atom is 0.224 e. The minimum Gasteiger partial charge on any atom is -0.394 e. The van der Waals surface area contributed by atoms with Crippen molar-refractivity contribution in [3.63, 3.8) is 0 Å². The topological polar surface area (TPSA) is 60.8 Å². The average molecular weight is 451 g/mol. The van der Waals surface area contributed by atoms with Crippen molar-refractivity contribution in [3.05, 3.63) is 19.4 Å². The third-order valence-corrected chi connectivity index (χ3v) is 2.86. The van der Waals surface area contributed by atoms with Gasteiger partial charge in [0.2, 0.25) is 5.91 Å². The van der Waals surface area contributed by atoms with E-state index >= 15 is 0 Å². The molecule has 6 heteroatoms. The molecular weight excluding hydrogens is 436 g/mol. The van der Waals surface area contributed by atoms with Crippen LogP contribution in [-0.2, 0) is 4.79 Å². The van der Waals surface area contributed by atoms with Gasteiger partial charge in [0.05, 0.1) is 25.0 Å². The van der Waals surface area contributed by atoms with Gasteiger partial charge in [0.15, 0.2) is 0 Å². The van der Waals surface area contributed by atoms with E-state index in [0.29, 0.717) is 5.70 Å². The summed E-state index contributed by atoms with van der Waals surface area (Å²) in [4.78, 5) is 12.9. The van der Waals surface area contributed by atoms with Gasteiger partial charge >= 0.3 is 0 Å². The minimum atomic E-state index is -0.939. The van der Waals surface area contributed by atoms with Gasteiger partial charge in [-0.3, -0.25) is 4.79 Å². The standard InChI is InChI=1S/C10H15I2NO3/c1-6(11)10(7(2)12)13(8(3)15)4-9(16)5-14/h9,14,16H,1,4-5H2,2-3H3/b10-7-. The number of allylic oxidation sites excluding steroid dienone is 2. The Balaban J connectivity index is 5.11. The van der Waals surface area contributed by atoms with E-state index in [2.05, 4.69) is 29.2 Å². The Labute approximate surface area is 123 Å². The normalized spacial score (nSPS) is 14.1. The molecule has 0 radical (unpaired) electrons. The number of nitrogens with zero attached hydrogens (tertiary/aromatic N) is 1. The van der Waals surface area contributed by atoms with Gasteiger partial charge < -0.3 is 15.1 Å². The van der Waals surface area contributed by atoms with Crippen LogP contribution in [0.15, 0.2) is 19.4 Å². The monoisotopic (exact) mass is 451 g/mol. The molecule has 4 nitrogen and oxygen atoms in total. The predicted octanol–water partition coefficient (Wildman–Crippen LogP) is 1.80. The van der Waals surface area contributed by atoms with Crippen molar-refractivity contribution in [2.75, 3.05) is 13.2 Å². The molecule has 1 atom stereocenters. The lowest BCUT2D eigenvalue weighted by atomic mass is 10.2.